The van der Waals surface area contributed by atoms with E-state index in [1.165, 1.54) is 12.1 Å². The third-order valence-electron chi connectivity index (χ3n) is 10.5. The van der Waals surface area contributed by atoms with E-state index in [1.807, 2.05) is 60.7 Å². The molecular weight excluding hydrogens is 673 g/mol. The molecule has 2 N–H and O–H groups in total. The summed E-state index contributed by atoms with van der Waals surface area (Å²) in [6.07, 6.45) is 1.09. The van der Waals surface area contributed by atoms with Crippen LogP contribution in [0.4, 0.5) is 8.78 Å². The van der Waals surface area contributed by atoms with E-state index >= 15 is 8.78 Å². The molecule has 1 aliphatic heterocycles. The molecule has 1 aliphatic carbocycles. The first-order chi connectivity index (χ1) is 25.4. The minimum absolute atomic E-state index is 0.163. The summed E-state index contributed by atoms with van der Waals surface area (Å²) >= 11 is 1.60. The van der Waals surface area contributed by atoms with Crippen LogP contribution in [-0.4, -0.2) is 28.1 Å². The molecule has 0 fully saturated rings. The topological polar surface area (TPSA) is 66.7 Å². The Morgan fingerprint density at radius 1 is 0.808 bits per heavy atom. The smallest absolute Gasteiger partial charge is 0.216 e. The Morgan fingerprint density at radius 3 is 1.96 bits per heavy atom. The van der Waals surface area contributed by atoms with E-state index in [0.717, 1.165) is 27.8 Å². The van der Waals surface area contributed by atoms with Gasteiger partial charge < -0.3 is 15.2 Å². The number of rotatable bonds is 8. The number of thioether (sulfide) groups is 1. The molecule has 0 radical (unpaired) electrons. The molecule has 2 aliphatic rings. The van der Waals surface area contributed by atoms with Crippen LogP contribution < -0.4 is 10.1 Å². The lowest BCUT2D eigenvalue weighted by Gasteiger charge is -2.47. The van der Waals surface area contributed by atoms with Gasteiger partial charge in [0, 0.05) is 35.4 Å². The Kier molecular flexibility index (Phi) is 9.11. The summed E-state index contributed by atoms with van der Waals surface area (Å²) in [4.78, 5) is 10.1. The van der Waals surface area contributed by atoms with Gasteiger partial charge in [-0.1, -0.05) is 139 Å². The fourth-order valence-corrected chi connectivity index (χ4v) is 9.18. The number of benzene rings is 5. The lowest BCUT2D eigenvalue weighted by molar-refractivity contribution is 0.205. The third kappa shape index (κ3) is 5.76. The first-order valence-corrected chi connectivity index (χ1v) is 18.3. The molecule has 0 spiro atoms. The van der Waals surface area contributed by atoms with E-state index in [1.54, 1.807) is 55.4 Å². The lowest BCUT2D eigenvalue weighted by Crippen LogP contribution is -2.52. The van der Waals surface area contributed by atoms with Gasteiger partial charge in [-0.3, -0.25) is 4.99 Å². The van der Waals surface area contributed by atoms with Crippen molar-refractivity contribution < 1.29 is 18.6 Å². The summed E-state index contributed by atoms with van der Waals surface area (Å²) in [7, 11) is 1.58. The van der Waals surface area contributed by atoms with Crippen LogP contribution in [0.3, 0.4) is 0 Å². The number of aliphatic hydroxyl groups excluding tert-OH is 1. The molecule has 260 valence electrons. The number of halogens is 2. The van der Waals surface area contributed by atoms with Gasteiger partial charge in [0.1, 0.15) is 23.3 Å². The highest BCUT2D eigenvalue weighted by Gasteiger charge is 2.51. The Hall–Kier alpha value is -5.31. The van der Waals surface area contributed by atoms with Crippen molar-refractivity contribution in [3.8, 4) is 5.88 Å². The van der Waals surface area contributed by atoms with Crippen molar-refractivity contribution in [2.75, 3.05) is 12.9 Å². The van der Waals surface area contributed by atoms with Crippen LogP contribution in [0.25, 0.3) is 0 Å². The predicted octanol–water partition coefficient (Wildman–Crippen LogP) is 8.74. The third-order valence-corrected chi connectivity index (χ3v) is 11.5. The average Bonchev–Trinajstić information content (AvgIpc) is 3.20. The number of pyridine rings is 1. The Morgan fingerprint density at radius 2 is 1.38 bits per heavy atom. The molecule has 5 nitrogen and oxygen atoms in total. The van der Waals surface area contributed by atoms with Crippen molar-refractivity contribution in [1.29, 1.82) is 0 Å². The molecule has 2 heterocycles. The van der Waals surface area contributed by atoms with E-state index in [-0.39, 0.29) is 17.9 Å². The molecular formula is C44H37F2N3O2S. The molecule has 8 heteroatoms. The number of ether oxygens (including phenoxy) is 1. The minimum Gasteiger partial charge on any atom is -0.481 e. The first kappa shape index (κ1) is 33.8. The maximum Gasteiger partial charge on any atom is 0.216 e. The number of hydrogen-bond donors (Lipinski definition) is 2. The lowest BCUT2D eigenvalue weighted by atomic mass is 9.67. The Bertz CT molecular complexity index is 2130. The summed E-state index contributed by atoms with van der Waals surface area (Å²) in [5.74, 6) is -0.716. The van der Waals surface area contributed by atoms with Crippen LogP contribution in [0, 0.1) is 17.6 Å². The van der Waals surface area contributed by atoms with Crippen LogP contribution in [-0.2, 0) is 23.9 Å². The fourth-order valence-electron chi connectivity index (χ4n) is 7.97. The molecule has 5 aromatic carbocycles. The second-order valence-electron chi connectivity index (χ2n) is 13.3. The second kappa shape index (κ2) is 14.0. The van der Waals surface area contributed by atoms with Crippen LogP contribution >= 0.6 is 11.8 Å². The summed E-state index contributed by atoms with van der Waals surface area (Å²) in [5, 5.41) is 16.0. The van der Waals surface area contributed by atoms with Crippen LogP contribution in [0.15, 0.2) is 151 Å². The van der Waals surface area contributed by atoms with Gasteiger partial charge in [-0.15, -0.1) is 0 Å². The highest BCUT2D eigenvalue weighted by atomic mass is 32.2. The zero-order valence-electron chi connectivity index (χ0n) is 28.5. The predicted molar refractivity (Wildman–Crippen MR) is 202 cm³/mol. The number of nitrogens with one attached hydrogen (secondary N) is 1. The maximum atomic E-state index is 17.3. The molecule has 0 saturated carbocycles. The number of hydrogen-bond acceptors (Lipinski definition) is 6. The van der Waals surface area contributed by atoms with Crippen molar-refractivity contribution in [2.45, 2.75) is 30.0 Å². The summed E-state index contributed by atoms with van der Waals surface area (Å²) in [6, 6.07) is 44.1. The molecule has 0 bridgehead atoms. The van der Waals surface area contributed by atoms with Gasteiger partial charge in [0.05, 0.1) is 18.2 Å². The highest BCUT2D eigenvalue weighted by molar-refractivity contribution is 8.13. The molecule has 8 rings (SSSR count). The second-order valence-corrected chi connectivity index (χ2v) is 14.3. The zero-order chi connectivity index (χ0) is 35.7. The van der Waals surface area contributed by atoms with Gasteiger partial charge in [-0.05, 0) is 46.4 Å². The van der Waals surface area contributed by atoms with Crippen molar-refractivity contribution in [1.82, 2.24) is 10.3 Å². The van der Waals surface area contributed by atoms with E-state index in [2.05, 4.69) is 46.7 Å². The van der Waals surface area contributed by atoms with Crippen molar-refractivity contribution in [3.63, 3.8) is 0 Å². The summed E-state index contributed by atoms with van der Waals surface area (Å²) in [5.41, 5.74) is 3.11. The summed E-state index contributed by atoms with van der Waals surface area (Å²) in [6.45, 7) is 0. The molecule has 0 saturated heterocycles. The number of aliphatic hydroxyl groups is 1. The largest absolute Gasteiger partial charge is 0.481 e. The van der Waals surface area contributed by atoms with Crippen LogP contribution in [0.2, 0.25) is 0 Å². The number of amidine groups is 1. The van der Waals surface area contributed by atoms with Crippen molar-refractivity contribution in [3.05, 3.63) is 202 Å². The molecule has 0 amide bonds. The summed E-state index contributed by atoms with van der Waals surface area (Å²) < 4.78 is 38.7. The van der Waals surface area contributed by atoms with Gasteiger partial charge in [-0.2, -0.15) is 0 Å². The number of fused-ring (bicyclic) bond motifs is 2. The zero-order valence-corrected chi connectivity index (χ0v) is 29.4. The molecule has 3 atom stereocenters. The fraction of sp³-hybridized carbons (Fsp3) is 0.182. The number of methoxy groups -OCH3 is 1. The van der Waals surface area contributed by atoms with E-state index in [4.69, 9.17) is 9.73 Å². The van der Waals surface area contributed by atoms with E-state index in [0.29, 0.717) is 28.8 Å². The average molecular weight is 710 g/mol. The van der Waals surface area contributed by atoms with Gasteiger partial charge in [0.25, 0.3) is 0 Å². The molecule has 6 aromatic rings. The van der Waals surface area contributed by atoms with E-state index in [9.17, 15) is 5.11 Å². The normalized spacial score (nSPS) is 18.8. The van der Waals surface area contributed by atoms with Crippen molar-refractivity contribution >= 4 is 16.9 Å². The maximum absolute atomic E-state index is 17.3. The SMILES string of the molecule is COc1nccc2c1C[C@]1(c3ccc(F)c(C(O)c4ccccc4)c3F)N=C(NC(c3ccccc3)(c3ccccc3)c3ccccc3)SC[C@@H]1C2. The van der Waals surface area contributed by atoms with Crippen molar-refractivity contribution in [2.24, 2.45) is 10.9 Å². The standard InChI is InChI=1S/C44H37F2N3O2S/c1-51-41-35-27-43(36-22-23-37(45)38(39(36)46)40(50)29-14-6-2-7-15-29)34(26-30(35)24-25-47-41)28-52-42(48-43)49-44(31-16-8-3-9-17-31,32-18-10-4-11-19-32)33-20-12-5-13-21-33/h2-25,34,40,50H,26-28H2,1H3,(H,48,49)/t34-,40?,43-/m0/s1. The van der Waals surface area contributed by atoms with Gasteiger partial charge in [0.15, 0.2) is 5.17 Å². The van der Waals surface area contributed by atoms with Gasteiger partial charge in [-0.25, -0.2) is 13.8 Å². The number of aromatic nitrogens is 1. The number of aliphatic imine (C=N–C) groups is 1. The minimum atomic E-state index is -1.51. The molecule has 52 heavy (non-hydrogen) atoms. The molecule has 1 aromatic heterocycles. The van der Waals surface area contributed by atoms with Gasteiger partial charge >= 0.3 is 0 Å². The quantitative estimate of drug-likeness (QED) is 0.155. The Labute approximate surface area is 306 Å². The molecule has 1 unspecified atom stereocenters. The monoisotopic (exact) mass is 709 g/mol. The van der Waals surface area contributed by atoms with Crippen LogP contribution in [0.1, 0.15) is 50.6 Å². The number of nitrogens with zero attached hydrogens (tertiary/aromatic N) is 2. The first-order valence-electron chi connectivity index (χ1n) is 17.3. The van der Waals surface area contributed by atoms with Crippen LogP contribution in [0.5, 0.6) is 5.88 Å². The Balaban J connectivity index is 1.36. The van der Waals surface area contributed by atoms with Gasteiger partial charge in [0.2, 0.25) is 5.88 Å². The highest BCUT2D eigenvalue weighted by Crippen LogP contribution is 2.51. The van der Waals surface area contributed by atoms with E-state index < -0.39 is 34.4 Å².